The topological polar surface area (TPSA) is 33.2 Å². The van der Waals surface area contributed by atoms with Crippen molar-refractivity contribution in [1.29, 1.82) is 0 Å². The molecule has 1 atom stereocenters. The number of rotatable bonds is 2. The average Bonchev–Trinajstić information content (AvgIpc) is 2.82. The molecule has 0 radical (unpaired) electrons. The van der Waals surface area contributed by atoms with Gasteiger partial charge in [0.25, 0.3) is 0 Å². The number of carbonyl (C=O) groups excluding carboxylic acids is 1. The fraction of sp³-hybridized carbons (Fsp3) is 0.538. The van der Waals surface area contributed by atoms with E-state index in [0.29, 0.717) is 6.42 Å². The van der Waals surface area contributed by atoms with Gasteiger partial charge in [-0.05, 0) is 0 Å². The van der Waals surface area contributed by atoms with E-state index in [1.165, 1.54) is 0 Å². The third kappa shape index (κ3) is 2.41. The Labute approximate surface area is 106 Å². The van der Waals surface area contributed by atoms with E-state index < -0.39 is 0 Å². The lowest BCUT2D eigenvalue weighted by Crippen LogP contribution is -2.24. The van der Waals surface area contributed by atoms with Crippen molar-refractivity contribution >= 4 is 22.4 Å². The van der Waals surface area contributed by atoms with Gasteiger partial charge in [0.1, 0.15) is 0 Å². The van der Waals surface area contributed by atoms with E-state index in [9.17, 15) is 4.79 Å². The average molecular weight is 250 g/mol. The van der Waals surface area contributed by atoms with Crippen molar-refractivity contribution in [3.8, 4) is 0 Å². The highest BCUT2D eigenvalue weighted by molar-refractivity contribution is 7.14. The lowest BCUT2D eigenvalue weighted by molar-refractivity contribution is -0.117. The summed E-state index contributed by atoms with van der Waals surface area (Å²) in [6.45, 7) is 10.9. The smallest absolute Gasteiger partial charge is 0.229 e. The predicted octanol–water partition coefficient (Wildman–Crippen LogP) is 2.98. The summed E-state index contributed by atoms with van der Waals surface area (Å²) in [4.78, 5) is 18.2. The van der Waals surface area contributed by atoms with Gasteiger partial charge in [0, 0.05) is 29.7 Å². The summed E-state index contributed by atoms with van der Waals surface area (Å²) in [6.07, 6.45) is 2.42. The van der Waals surface area contributed by atoms with Gasteiger partial charge in [-0.15, -0.1) is 17.9 Å². The molecule has 2 heterocycles. The van der Waals surface area contributed by atoms with Crippen molar-refractivity contribution in [1.82, 2.24) is 4.98 Å². The number of hydrogen-bond acceptors (Lipinski definition) is 3. The molecule has 1 aromatic rings. The van der Waals surface area contributed by atoms with Gasteiger partial charge in [-0.25, -0.2) is 4.98 Å². The summed E-state index contributed by atoms with van der Waals surface area (Å²) in [6, 6.07) is 0. The zero-order valence-corrected chi connectivity index (χ0v) is 11.4. The molecule has 0 aliphatic carbocycles. The Morgan fingerprint density at radius 3 is 2.76 bits per heavy atom. The Kier molecular flexibility index (Phi) is 3.08. The standard InChI is InChI=1S/C13H18N2OS/c1-5-9-6-11(16)15(7-9)12-14-10(8-17-12)13(2,3)4/h5,8-9H,1,6-7H2,2-4H3. The molecule has 1 aliphatic heterocycles. The van der Waals surface area contributed by atoms with Crippen LogP contribution in [0.5, 0.6) is 0 Å². The fourth-order valence-corrected chi connectivity index (χ4v) is 2.89. The maximum Gasteiger partial charge on any atom is 0.229 e. The summed E-state index contributed by atoms with van der Waals surface area (Å²) >= 11 is 1.55. The quantitative estimate of drug-likeness (QED) is 0.756. The first-order chi connectivity index (χ1) is 7.91. The Balaban J connectivity index is 2.21. The summed E-state index contributed by atoms with van der Waals surface area (Å²) in [5.74, 6) is 0.425. The van der Waals surface area contributed by atoms with E-state index in [4.69, 9.17) is 0 Å². The van der Waals surface area contributed by atoms with Crippen molar-refractivity contribution in [3.05, 3.63) is 23.7 Å². The minimum atomic E-state index is 0.0371. The number of aromatic nitrogens is 1. The van der Waals surface area contributed by atoms with Crippen molar-refractivity contribution in [2.75, 3.05) is 11.4 Å². The summed E-state index contributed by atoms with van der Waals surface area (Å²) in [5.41, 5.74) is 1.09. The molecule has 0 spiro atoms. The van der Waals surface area contributed by atoms with Crippen LogP contribution < -0.4 is 4.90 Å². The van der Waals surface area contributed by atoms with Crippen LogP contribution in [-0.2, 0) is 10.2 Å². The van der Waals surface area contributed by atoms with Crippen LogP contribution in [0.25, 0.3) is 0 Å². The third-order valence-electron chi connectivity index (χ3n) is 2.98. The largest absolute Gasteiger partial charge is 0.288 e. The number of anilines is 1. The molecule has 0 aromatic carbocycles. The van der Waals surface area contributed by atoms with Crippen LogP contribution in [0.3, 0.4) is 0 Å². The lowest BCUT2D eigenvalue weighted by atomic mass is 9.93. The molecule has 1 aromatic heterocycles. The van der Waals surface area contributed by atoms with Crippen LogP contribution in [0.15, 0.2) is 18.0 Å². The maximum atomic E-state index is 11.8. The molecule has 3 nitrogen and oxygen atoms in total. The Hall–Kier alpha value is -1.16. The zero-order chi connectivity index (χ0) is 12.6. The molecular formula is C13H18N2OS. The second-order valence-corrected chi connectivity index (χ2v) is 6.31. The predicted molar refractivity (Wildman–Crippen MR) is 71.5 cm³/mol. The van der Waals surface area contributed by atoms with Gasteiger partial charge < -0.3 is 0 Å². The molecule has 1 fully saturated rings. The normalized spacial score (nSPS) is 21.0. The molecule has 1 unspecified atom stereocenters. The Bertz CT molecular complexity index is 445. The molecule has 4 heteroatoms. The zero-order valence-electron chi connectivity index (χ0n) is 10.6. The number of thiazole rings is 1. The number of hydrogen-bond donors (Lipinski definition) is 0. The van der Waals surface area contributed by atoms with E-state index >= 15 is 0 Å². The van der Waals surface area contributed by atoms with Crippen LogP contribution in [0, 0.1) is 5.92 Å². The van der Waals surface area contributed by atoms with Gasteiger partial charge in [0.15, 0.2) is 5.13 Å². The maximum absolute atomic E-state index is 11.8. The first-order valence-corrected chi connectivity index (χ1v) is 6.68. The van der Waals surface area contributed by atoms with Crippen molar-refractivity contribution in [2.45, 2.75) is 32.6 Å². The van der Waals surface area contributed by atoms with Crippen LogP contribution in [0.1, 0.15) is 32.9 Å². The minimum Gasteiger partial charge on any atom is -0.288 e. The molecule has 0 N–H and O–H groups in total. The van der Waals surface area contributed by atoms with E-state index in [-0.39, 0.29) is 17.2 Å². The summed E-state index contributed by atoms with van der Waals surface area (Å²) < 4.78 is 0. The Morgan fingerprint density at radius 2 is 2.29 bits per heavy atom. The van der Waals surface area contributed by atoms with E-state index in [1.54, 1.807) is 16.2 Å². The van der Waals surface area contributed by atoms with Gasteiger partial charge in [0.05, 0.1) is 5.69 Å². The van der Waals surface area contributed by atoms with Gasteiger partial charge in [-0.3, -0.25) is 9.69 Å². The molecule has 0 saturated carbocycles. The summed E-state index contributed by atoms with van der Waals surface area (Å²) in [7, 11) is 0. The van der Waals surface area contributed by atoms with Crippen molar-refractivity contribution in [3.63, 3.8) is 0 Å². The van der Waals surface area contributed by atoms with Crippen molar-refractivity contribution in [2.24, 2.45) is 5.92 Å². The van der Waals surface area contributed by atoms with Gasteiger partial charge in [0.2, 0.25) is 5.91 Å². The van der Waals surface area contributed by atoms with Gasteiger partial charge in [-0.1, -0.05) is 26.8 Å². The van der Waals surface area contributed by atoms with Crippen LogP contribution in [0.2, 0.25) is 0 Å². The first-order valence-electron chi connectivity index (χ1n) is 5.80. The summed E-state index contributed by atoms with van der Waals surface area (Å²) in [5, 5.41) is 2.87. The second-order valence-electron chi connectivity index (χ2n) is 5.47. The Morgan fingerprint density at radius 1 is 1.59 bits per heavy atom. The molecule has 1 aliphatic rings. The van der Waals surface area contributed by atoms with Gasteiger partial charge in [-0.2, -0.15) is 0 Å². The van der Waals surface area contributed by atoms with Crippen LogP contribution in [0.4, 0.5) is 5.13 Å². The highest BCUT2D eigenvalue weighted by atomic mass is 32.1. The van der Waals surface area contributed by atoms with Crippen LogP contribution in [-0.4, -0.2) is 17.4 Å². The van der Waals surface area contributed by atoms with Gasteiger partial charge >= 0.3 is 0 Å². The lowest BCUT2D eigenvalue weighted by Gasteiger charge is -2.15. The highest BCUT2D eigenvalue weighted by Crippen LogP contribution is 2.32. The number of amides is 1. The number of nitrogens with zero attached hydrogens (tertiary/aromatic N) is 2. The molecule has 1 saturated heterocycles. The second kappa shape index (κ2) is 4.26. The monoisotopic (exact) mass is 250 g/mol. The molecule has 0 bridgehead atoms. The fourth-order valence-electron chi connectivity index (χ4n) is 1.81. The molecule has 1 amide bonds. The molecule has 2 rings (SSSR count). The van der Waals surface area contributed by atoms with E-state index in [1.807, 2.05) is 11.5 Å². The highest BCUT2D eigenvalue weighted by Gasteiger charge is 2.31. The minimum absolute atomic E-state index is 0.0371. The van der Waals surface area contributed by atoms with E-state index in [0.717, 1.165) is 17.4 Å². The molecule has 92 valence electrons. The molecule has 17 heavy (non-hydrogen) atoms. The third-order valence-corrected chi connectivity index (χ3v) is 3.84. The first kappa shape index (κ1) is 12.3. The van der Waals surface area contributed by atoms with Crippen LogP contribution >= 0.6 is 11.3 Å². The van der Waals surface area contributed by atoms with E-state index in [2.05, 4.69) is 32.3 Å². The molecular weight excluding hydrogens is 232 g/mol. The number of carbonyl (C=O) groups is 1. The van der Waals surface area contributed by atoms with Crippen molar-refractivity contribution < 1.29 is 4.79 Å². The SMILES string of the molecule is C=CC1CC(=O)N(c2nc(C(C)(C)C)cs2)C1.